The maximum Gasteiger partial charge on any atom is 0.175 e. The maximum absolute atomic E-state index is 6.27. The smallest absolute Gasteiger partial charge is 0.175 e. The van der Waals surface area contributed by atoms with Crippen LogP contribution in [0, 0.1) is 6.92 Å². The zero-order valence-electron chi connectivity index (χ0n) is 15.5. The van der Waals surface area contributed by atoms with Crippen LogP contribution in [0.3, 0.4) is 0 Å². The van der Waals surface area contributed by atoms with E-state index < -0.39 is 0 Å². The normalized spacial score (nSPS) is 19.6. The van der Waals surface area contributed by atoms with Crippen molar-refractivity contribution in [3.8, 4) is 0 Å². The molecule has 0 radical (unpaired) electrons. The highest BCUT2D eigenvalue weighted by atomic mass is 16.5. The summed E-state index contributed by atoms with van der Waals surface area (Å²) in [6.45, 7) is 10.7. The number of piperidine rings is 1. The highest BCUT2D eigenvalue weighted by molar-refractivity contribution is 5.77. The fraction of sp³-hybridized carbons (Fsp3) is 0.588. The third kappa shape index (κ3) is 4.19. The quantitative estimate of drug-likeness (QED) is 0.669. The van der Waals surface area contributed by atoms with Gasteiger partial charge in [-0.1, -0.05) is 5.16 Å². The number of rotatable bonds is 4. The van der Waals surface area contributed by atoms with E-state index in [4.69, 9.17) is 10.3 Å². The van der Waals surface area contributed by atoms with Crippen LogP contribution in [0.25, 0.3) is 0 Å². The summed E-state index contributed by atoms with van der Waals surface area (Å²) in [5.41, 5.74) is 6.82. The molecular weight excluding hydrogens is 318 g/mol. The Kier molecular flexibility index (Phi) is 4.32. The molecule has 1 fully saturated rings. The first-order valence-electron chi connectivity index (χ1n) is 8.50. The number of aromatic nitrogens is 3. The van der Waals surface area contributed by atoms with Crippen molar-refractivity contribution >= 4 is 23.1 Å². The van der Waals surface area contributed by atoms with Crippen LogP contribution in [0.1, 0.15) is 46.3 Å². The lowest BCUT2D eigenvalue weighted by molar-refractivity contribution is 0.170. The molecule has 0 unspecified atom stereocenters. The Hall–Kier alpha value is -2.35. The van der Waals surface area contributed by atoms with E-state index >= 15 is 0 Å². The first kappa shape index (κ1) is 17.5. The van der Waals surface area contributed by atoms with Crippen molar-refractivity contribution in [1.29, 1.82) is 0 Å². The van der Waals surface area contributed by atoms with Gasteiger partial charge in [0.05, 0.1) is 0 Å². The molecule has 0 amide bonds. The molecule has 0 bridgehead atoms. The molecule has 1 saturated heterocycles. The van der Waals surface area contributed by atoms with Gasteiger partial charge >= 0.3 is 0 Å². The molecule has 0 saturated carbocycles. The lowest BCUT2D eigenvalue weighted by Gasteiger charge is -2.46. The number of nitrogen functional groups attached to an aromatic ring is 1. The maximum atomic E-state index is 6.27. The predicted octanol–water partition coefficient (Wildman–Crippen LogP) is 2.82. The number of hydrogen-bond acceptors (Lipinski definition) is 8. The molecule has 0 atom stereocenters. The van der Waals surface area contributed by atoms with E-state index in [1.807, 2.05) is 6.92 Å². The Labute approximate surface area is 148 Å². The summed E-state index contributed by atoms with van der Waals surface area (Å²) < 4.78 is 5.05. The minimum atomic E-state index is 0.0422. The van der Waals surface area contributed by atoms with Crippen LogP contribution in [0.5, 0.6) is 0 Å². The monoisotopic (exact) mass is 345 g/mol. The Morgan fingerprint density at radius 1 is 1.16 bits per heavy atom. The second-order valence-corrected chi connectivity index (χ2v) is 8.07. The predicted molar refractivity (Wildman–Crippen MR) is 98.9 cm³/mol. The van der Waals surface area contributed by atoms with Gasteiger partial charge in [-0.25, -0.2) is 9.97 Å². The van der Waals surface area contributed by atoms with Crippen LogP contribution in [-0.2, 0) is 0 Å². The number of anilines is 4. The lowest BCUT2D eigenvalue weighted by atomic mass is 9.79. The summed E-state index contributed by atoms with van der Waals surface area (Å²) in [5.74, 6) is 2.43. The van der Waals surface area contributed by atoms with E-state index in [2.05, 4.69) is 58.8 Å². The van der Waals surface area contributed by atoms with Gasteiger partial charge in [0.15, 0.2) is 17.5 Å². The summed E-state index contributed by atoms with van der Waals surface area (Å²) in [6, 6.07) is 2.05. The van der Waals surface area contributed by atoms with Gasteiger partial charge in [0.1, 0.15) is 17.8 Å². The summed E-state index contributed by atoms with van der Waals surface area (Å²) in [7, 11) is 0. The van der Waals surface area contributed by atoms with Crippen molar-refractivity contribution in [2.45, 2.75) is 64.6 Å². The highest BCUT2D eigenvalue weighted by Crippen LogP contribution is 2.32. The Morgan fingerprint density at radius 2 is 1.80 bits per heavy atom. The summed E-state index contributed by atoms with van der Waals surface area (Å²) >= 11 is 0. The molecule has 3 rings (SSSR count). The van der Waals surface area contributed by atoms with Gasteiger partial charge < -0.3 is 26.2 Å². The average molecular weight is 345 g/mol. The topological polar surface area (TPSA) is 114 Å². The molecule has 0 spiro atoms. The Morgan fingerprint density at radius 3 is 2.40 bits per heavy atom. The van der Waals surface area contributed by atoms with Crippen molar-refractivity contribution in [2.24, 2.45) is 0 Å². The largest absolute Gasteiger partial charge is 0.393 e. The van der Waals surface area contributed by atoms with Crippen molar-refractivity contribution in [3.05, 3.63) is 18.2 Å². The molecule has 8 heteroatoms. The molecule has 3 heterocycles. The number of hydrogen-bond donors (Lipinski definition) is 4. The van der Waals surface area contributed by atoms with Crippen LogP contribution in [0.4, 0.5) is 23.1 Å². The molecular formula is C17H27N7O. The van der Waals surface area contributed by atoms with Crippen molar-refractivity contribution in [3.63, 3.8) is 0 Å². The van der Waals surface area contributed by atoms with Gasteiger partial charge in [-0.15, -0.1) is 0 Å². The third-order valence-electron chi connectivity index (χ3n) is 4.29. The van der Waals surface area contributed by atoms with Crippen LogP contribution >= 0.6 is 0 Å². The number of nitrogens with one attached hydrogen (secondary N) is 3. The van der Waals surface area contributed by atoms with Gasteiger partial charge in [-0.2, -0.15) is 0 Å². The standard InChI is InChI=1S/C17H27N7O/c1-10-6-12(23-25-10)22-15-13(18)14(19-9-20-15)21-11-7-16(2,3)24-17(4,5)8-11/h6,9,11,24H,7-8,18H2,1-5H3,(H2,19,20,21,22,23). The second kappa shape index (κ2) is 6.18. The van der Waals surface area contributed by atoms with E-state index in [9.17, 15) is 0 Å². The Bertz CT molecular complexity index is 737. The third-order valence-corrected chi connectivity index (χ3v) is 4.29. The van der Waals surface area contributed by atoms with Crippen LogP contribution < -0.4 is 21.7 Å². The van der Waals surface area contributed by atoms with E-state index in [0.29, 0.717) is 28.9 Å². The van der Waals surface area contributed by atoms with Crippen LogP contribution in [-0.4, -0.2) is 32.2 Å². The minimum absolute atomic E-state index is 0.0422. The SMILES string of the molecule is Cc1cc(Nc2ncnc(NC3CC(C)(C)NC(C)(C)C3)c2N)no1. The summed E-state index contributed by atoms with van der Waals surface area (Å²) in [4.78, 5) is 8.54. The molecule has 1 aliphatic heterocycles. The fourth-order valence-electron chi connectivity index (χ4n) is 3.77. The van der Waals surface area contributed by atoms with E-state index in [0.717, 1.165) is 12.8 Å². The minimum Gasteiger partial charge on any atom is -0.393 e. The van der Waals surface area contributed by atoms with Crippen molar-refractivity contribution in [1.82, 2.24) is 20.4 Å². The van der Waals surface area contributed by atoms with Crippen LogP contribution in [0.15, 0.2) is 16.9 Å². The molecule has 25 heavy (non-hydrogen) atoms. The molecule has 1 aliphatic rings. The average Bonchev–Trinajstić information content (AvgIpc) is 2.85. The van der Waals surface area contributed by atoms with Crippen molar-refractivity contribution in [2.75, 3.05) is 16.4 Å². The highest BCUT2D eigenvalue weighted by Gasteiger charge is 2.37. The van der Waals surface area contributed by atoms with Gasteiger partial charge in [0, 0.05) is 23.2 Å². The van der Waals surface area contributed by atoms with Gasteiger partial charge in [0.25, 0.3) is 0 Å². The number of nitrogens with zero attached hydrogens (tertiary/aromatic N) is 3. The fourth-order valence-corrected chi connectivity index (χ4v) is 3.77. The van der Waals surface area contributed by atoms with Gasteiger partial charge in [-0.05, 0) is 47.5 Å². The molecule has 2 aromatic heterocycles. The molecule has 2 aromatic rings. The van der Waals surface area contributed by atoms with E-state index in [1.54, 1.807) is 6.07 Å². The molecule has 0 aliphatic carbocycles. The molecule has 8 nitrogen and oxygen atoms in total. The van der Waals surface area contributed by atoms with Crippen LogP contribution in [0.2, 0.25) is 0 Å². The summed E-state index contributed by atoms with van der Waals surface area (Å²) in [5, 5.41) is 14.1. The molecule has 5 N–H and O–H groups in total. The number of aryl methyl sites for hydroxylation is 1. The first-order chi connectivity index (χ1) is 11.6. The van der Waals surface area contributed by atoms with Crippen molar-refractivity contribution < 1.29 is 4.52 Å². The van der Waals surface area contributed by atoms with Gasteiger partial charge in [0.2, 0.25) is 0 Å². The molecule has 0 aromatic carbocycles. The number of nitrogens with two attached hydrogens (primary N) is 1. The zero-order valence-corrected chi connectivity index (χ0v) is 15.5. The Balaban J connectivity index is 1.78. The second-order valence-electron chi connectivity index (χ2n) is 8.07. The summed E-state index contributed by atoms with van der Waals surface area (Å²) in [6.07, 6.45) is 3.45. The molecule has 136 valence electrons. The van der Waals surface area contributed by atoms with Gasteiger partial charge in [-0.3, -0.25) is 0 Å². The van der Waals surface area contributed by atoms with E-state index in [-0.39, 0.29) is 17.1 Å². The van der Waals surface area contributed by atoms with E-state index in [1.165, 1.54) is 6.33 Å². The first-order valence-corrected chi connectivity index (χ1v) is 8.50. The lowest BCUT2D eigenvalue weighted by Crippen LogP contribution is -2.60. The zero-order chi connectivity index (χ0) is 18.2.